The lowest BCUT2D eigenvalue weighted by atomic mass is 10.1. The topological polar surface area (TPSA) is 59.6 Å². The highest BCUT2D eigenvalue weighted by Crippen LogP contribution is 2.29. The van der Waals surface area contributed by atoms with Crippen molar-refractivity contribution in [3.05, 3.63) is 58.9 Å². The molecule has 1 atom stereocenters. The number of ether oxygens (including phenoxy) is 2. The number of rotatable bonds is 6. The largest absolute Gasteiger partial charge is 0.497 e. The molecule has 26 heavy (non-hydrogen) atoms. The lowest BCUT2D eigenvalue weighted by Gasteiger charge is -2.18. The van der Waals surface area contributed by atoms with Gasteiger partial charge in [0.15, 0.2) is 0 Å². The van der Waals surface area contributed by atoms with Crippen LogP contribution in [0, 0.1) is 12.7 Å². The fourth-order valence-electron chi connectivity index (χ4n) is 2.43. The number of aryl methyl sites for hydroxylation is 1. The Morgan fingerprint density at radius 3 is 2.50 bits per heavy atom. The molecule has 2 aromatic carbocycles. The van der Waals surface area contributed by atoms with Crippen molar-refractivity contribution in [2.45, 2.75) is 26.4 Å². The molecule has 2 rings (SSSR count). The third-order valence-corrected chi connectivity index (χ3v) is 3.94. The molecule has 0 aliphatic rings. The summed E-state index contributed by atoms with van der Waals surface area (Å²) in [5, 5.41) is 5.56. The Hall–Kier alpha value is -2.47. The number of benzene rings is 2. The number of nitrogens with one attached hydrogen (secondary N) is 2. The monoisotopic (exact) mass is 382 g/mol. The quantitative estimate of drug-likeness (QED) is 0.789. The number of methoxy groups -OCH3 is 2. The molecule has 0 spiro atoms. The Bertz CT molecular complexity index is 756. The van der Waals surface area contributed by atoms with E-state index in [1.165, 1.54) is 6.07 Å². The van der Waals surface area contributed by atoms with Gasteiger partial charge in [-0.05, 0) is 49.2 Å². The number of halogens is 2. The molecule has 2 N–H and O–H groups in total. The zero-order valence-corrected chi connectivity index (χ0v) is 16.1. The summed E-state index contributed by atoms with van der Waals surface area (Å²) in [5.74, 6) is 1.06. The number of carbonyl (C=O) groups is 1. The molecule has 5 nitrogen and oxygen atoms in total. The Labute approximate surface area is 159 Å². The minimum atomic E-state index is -0.349. The molecule has 1 unspecified atom stereocenters. The highest BCUT2D eigenvalue weighted by atomic mass is 35.5. The molecule has 7 heteroatoms. The maximum atomic E-state index is 13.5. The van der Waals surface area contributed by atoms with Crippen LogP contribution >= 0.6 is 12.4 Å². The van der Waals surface area contributed by atoms with Gasteiger partial charge in [0.05, 0.1) is 20.3 Å². The molecule has 0 radical (unpaired) electrons. The summed E-state index contributed by atoms with van der Waals surface area (Å²) in [4.78, 5) is 12.1. The predicted molar refractivity (Wildman–Crippen MR) is 102 cm³/mol. The van der Waals surface area contributed by atoms with Crippen LogP contribution in [0.4, 0.5) is 9.18 Å². The molecular formula is C19H24ClFN2O3. The highest BCUT2D eigenvalue weighted by Gasteiger charge is 2.15. The van der Waals surface area contributed by atoms with Gasteiger partial charge in [-0.15, -0.1) is 12.4 Å². The molecule has 0 fully saturated rings. The zero-order chi connectivity index (χ0) is 18.4. The maximum absolute atomic E-state index is 13.5. The number of amides is 2. The number of carbonyl (C=O) groups excluding carboxylic acids is 1. The van der Waals surface area contributed by atoms with Crippen LogP contribution in [0.25, 0.3) is 0 Å². The standard InChI is InChI=1S/C19H23FN2O3.ClH/c1-12-5-6-14(9-17(12)20)11-21-19(23)22-13(2)16-10-15(24-3)7-8-18(16)25-4;/h5-10,13H,11H2,1-4H3,(H2,21,22,23);1H. The zero-order valence-electron chi connectivity index (χ0n) is 15.3. The van der Waals surface area contributed by atoms with Crippen LogP contribution in [0.1, 0.15) is 29.7 Å². The van der Waals surface area contributed by atoms with Crippen molar-refractivity contribution in [3.63, 3.8) is 0 Å². The van der Waals surface area contributed by atoms with E-state index in [-0.39, 0.29) is 36.8 Å². The average molecular weight is 383 g/mol. The van der Waals surface area contributed by atoms with Crippen LogP contribution in [0.2, 0.25) is 0 Å². The fourth-order valence-corrected chi connectivity index (χ4v) is 2.43. The van der Waals surface area contributed by atoms with E-state index in [2.05, 4.69) is 10.6 Å². The van der Waals surface area contributed by atoms with E-state index < -0.39 is 0 Å². The molecule has 0 aromatic heterocycles. The van der Waals surface area contributed by atoms with Crippen molar-refractivity contribution in [1.29, 1.82) is 0 Å². The van der Waals surface area contributed by atoms with E-state index in [9.17, 15) is 9.18 Å². The predicted octanol–water partition coefficient (Wildman–Crippen LogP) is 4.13. The van der Waals surface area contributed by atoms with Crippen LogP contribution in [0.15, 0.2) is 36.4 Å². The van der Waals surface area contributed by atoms with Crippen molar-refractivity contribution in [2.24, 2.45) is 0 Å². The fraction of sp³-hybridized carbons (Fsp3) is 0.316. The lowest BCUT2D eigenvalue weighted by molar-refractivity contribution is 0.237. The van der Waals surface area contributed by atoms with Gasteiger partial charge in [0.25, 0.3) is 0 Å². The first-order chi connectivity index (χ1) is 11.9. The summed E-state index contributed by atoms with van der Waals surface area (Å²) in [7, 11) is 3.15. The highest BCUT2D eigenvalue weighted by molar-refractivity contribution is 5.85. The normalized spacial score (nSPS) is 11.1. The van der Waals surface area contributed by atoms with E-state index in [1.807, 2.05) is 13.0 Å². The van der Waals surface area contributed by atoms with Crippen molar-refractivity contribution in [2.75, 3.05) is 14.2 Å². The minimum Gasteiger partial charge on any atom is -0.497 e. The molecule has 0 aliphatic carbocycles. The first kappa shape index (κ1) is 21.6. The SMILES string of the molecule is COc1ccc(OC)c(C(C)NC(=O)NCc2ccc(C)c(F)c2)c1.Cl. The summed E-state index contributed by atoms with van der Waals surface area (Å²) >= 11 is 0. The second kappa shape index (κ2) is 9.87. The maximum Gasteiger partial charge on any atom is 0.315 e. The minimum absolute atomic E-state index is 0. The van der Waals surface area contributed by atoms with Gasteiger partial charge in [0, 0.05) is 12.1 Å². The second-order valence-electron chi connectivity index (χ2n) is 5.74. The van der Waals surface area contributed by atoms with Crippen molar-refractivity contribution in [3.8, 4) is 11.5 Å². The molecule has 2 aromatic rings. The van der Waals surface area contributed by atoms with Crippen LogP contribution in [0.5, 0.6) is 11.5 Å². The van der Waals surface area contributed by atoms with Crippen LogP contribution < -0.4 is 20.1 Å². The van der Waals surface area contributed by atoms with Gasteiger partial charge in [0.2, 0.25) is 0 Å². The van der Waals surface area contributed by atoms with Gasteiger partial charge in [0.1, 0.15) is 17.3 Å². The second-order valence-corrected chi connectivity index (χ2v) is 5.74. The Balaban J connectivity index is 0.00000338. The van der Waals surface area contributed by atoms with Crippen LogP contribution in [-0.4, -0.2) is 20.3 Å². The molecular weight excluding hydrogens is 359 g/mol. The van der Waals surface area contributed by atoms with Crippen molar-refractivity contribution < 1.29 is 18.7 Å². The lowest BCUT2D eigenvalue weighted by Crippen LogP contribution is -2.36. The van der Waals surface area contributed by atoms with Gasteiger partial charge in [-0.1, -0.05) is 12.1 Å². The Morgan fingerprint density at radius 1 is 1.15 bits per heavy atom. The smallest absolute Gasteiger partial charge is 0.315 e. The Kier molecular flexibility index (Phi) is 8.19. The molecule has 0 aliphatic heterocycles. The summed E-state index contributed by atoms with van der Waals surface area (Å²) < 4.78 is 24.1. The van der Waals surface area contributed by atoms with Crippen molar-refractivity contribution >= 4 is 18.4 Å². The molecule has 0 heterocycles. The average Bonchev–Trinajstić information content (AvgIpc) is 2.62. The first-order valence-electron chi connectivity index (χ1n) is 7.96. The molecule has 0 saturated carbocycles. The molecule has 0 bridgehead atoms. The van der Waals surface area contributed by atoms with Gasteiger partial charge in [-0.3, -0.25) is 0 Å². The van der Waals surface area contributed by atoms with Gasteiger partial charge < -0.3 is 20.1 Å². The van der Waals surface area contributed by atoms with Crippen LogP contribution in [0.3, 0.4) is 0 Å². The molecule has 2 amide bonds. The third kappa shape index (κ3) is 5.52. The van der Waals surface area contributed by atoms with Crippen LogP contribution in [-0.2, 0) is 6.54 Å². The third-order valence-electron chi connectivity index (χ3n) is 3.94. The van der Waals surface area contributed by atoms with Gasteiger partial charge >= 0.3 is 6.03 Å². The first-order valence-corrected chi connectivity index (χ1v) is 7.96. The summed E-state index contributed by atoms with van der Waals surface area (Å²) in [6, 6.07) is 9.66. The van der Waals surface area contributed by atoms with Gasteiger partial charge in [-0.2, -0.15) is 0 Å². The molecule has 0 saturated heterocycles. The number of urea groups is 1. The van der Waals surface area contributed by atoms with Crippen molar-refractivity contribution in [1.82, 2.24) is 10.6 Å². The van der Waals surface area contributed by atoms with E-state index in [4.69, 9.17) is 9.47 Å². The summed E-state index contributed by atoms with van der Waals surface area (Å²) in [6.07, 6.45) is 0. The van der Waals surface area contributed by atoms with Gasteiger partial charge in [-0.25, -0.2) is 9.18 Å². The number of hydrogen-bond donors (Lipinski definition) is 2. The van der Waals surface area contributed by atoms with E-state index in [0.717, 1.165) is 5.56 Å². The number of hydrogen-bond acceptors (Lipinski definition) is 3. The van der Waals surface area contributed by atoms with E-state index in [0.29, 0.717) is 22.6 Å². The summed E-state index contributed by atoms with van der Waals surface area (Å²) in [6.45, 7) is 3.79. The molecule has 142 valence electrons. The van der Waals surface area contributed by atoms with E-state index >= 15 is 0 Å². The Morgan fingerprint density at radius 2 is 1.88 bits per heavy atom. The van der Waals surface area contributed by atoms with E-state index in [1.54, 1.807) is 45.4 Å². The summed E-state index contributed by atoms with van der Waals surface area (Å²) in [5.41, 5.74) is 2.08.